The van der Waals surface area contributed by atoms with Gasteiger partial charge in [0.1, 0.15) is 11.4 Å². The molecule has 2 amide bonds. The first kappa shape index (κ1) is 24.0. The fourth-order valence-corrected chi connectivity index (χ4v) is 4.05. The molecule has 9 heteroatoms. The van der Waals surface area contributed by atoms with Crippen molar-refractivity contribution in [3.05, 3.63) is 39.4 Å². The number of rotatable bonds is 5. The van der Waals surface area contributed by atoms with Crippen molar-refractivity contribution in [2.75, 3.05) is 19.6 Å². The van der Waals surface area contributed by atoms with Gasteiger partial charge in [-0.2, -0.15) is 0 Å². The van der Waals surface area contributed by atoms with E-state index in [0.29, 0.717) is 47.8 Å². The van der Waals surface area contributed by atoms with Gasteiger partial charge in [0.15, 0.2) is 0 Å². The van der Waals surface area contributed by atoms with Crippen molar-refractivity contribution >= 4 is 34.5 Å². The monoisotopic (exact) mass is 462 g/mol. The van der Waals surface area contributed by atoms with E-state index in [1.165, 1.54) is 0 Å². The van der Waals surface area contributed by atoms with E-state index in [9.17, 15) is 14.4 Å². The van der Waals surface area contributed by atoms with Crippen molar-refractivity contribution in [2.24, 2.45) is 5.92 Å². The van der Waals surface area contributed by atoms with Gasteiger partial charge in [0.2, 0.25) is 5.91 Å². The first-order valence-electron chi connectivity index (χ1n) is 11.0. The molecule has 174 valence electrons. The zero-order valence-electron chi connectivity index (χ0n) is 19.1. The Hall–Kier alpha value is -2.61. The standard InChI is InChI=1S/C23H31ClN4O4/c1-5-10-27(14-19-25-18-12-16(24)8-9-17(18)20(29)26-19)21(30)15-7-6-11-28(13-15)22(31)32-23(2,3)4/h8-9,12,15H,5-7,10-11,13-14H2,1-4H3,(H,25,26,29). The number of benzene rings is 1. The Morgan fingerprint density at radius 2 is 2.09 bits per heavy atom. The number of aromatic amines is 1. The Morgan fingerprint density at radius 3 is 2.78 bits per heavy atom. The molecule has 1 saturated heterocycles. The quantitative estimate of drug-likeness (QED) is 0.725. The number of carbonyl (C=O) groups excluding carboxylic acids is 2. The van der Waals surface area contributed by atoms with E-state index in [2.05, 4.69) is 9.97 Å². The molecule has 8 nitrogen and oxygen atoms in total. The number of hydrogen-bond donors (Lipinski definition) is 1. The number of H-pyrrole nitrogens is 1. The van der Waals surface area contributed by atoms with Gasteiger partial charge in [-0.05, 0) is 58.2 Å². The molecule has 1 aliphatic rings. The van der Waals surface area contributed by atoms with Crippen LogP contribution in [0, 0.1) is 5.92 Å². The van der Waals surface area contributed by atoms with Crippen LogP contribution in [0.15, 0.2) is 23.0 Å². The third kappa shape index (κ3) is 6.00. The van der Waals surface area contributed by atoms with E-state index < -0.39 is 11.7 Å². The van der Waals surface area contributed by atoms with Crippen LogP contribution in [-0.4, -0.2) is 57.0 Å². The first-order valence-corrected chi connectivity index (χ1v) is 11.4. The molecule has 1 aromatic carbocycles. The van der Waals surface area contributed by atoms with Crippen LogP contribution in [0.3, 0.4) is 0 Å². The maximum absolute atomic E-state index is 13.4. The molecule has 1 fully saturated rings. The van der Waals surface area contributed by atoms with E-state index >= 15 is 0 Å². The van der Waals surface area contributed by atoms with Gasteiger partial charge >= 0.3 is 6.09 Å². The van der Waals surface area contributed by atoms with Crippen LogP contribution in [0.5, 0.6) is 0 Å². The number of carbonyl (C=O) groups is 2. The Morgan fingerprint density at radius 1 is 1.34 bits per heavy atom. The predicted octanol–water partition coefficient (Wildman–Crippen LogP) is 3.96. The highest BCUT2D eigenvalue weighted by atomic mass is 35.5. The average Bonchev–Trinajstić information content (AvgIpc) is 2.71. The lowest BCUT2D eigenvalue weighted by molar-refractivity contribution is -0.138. The molecule has 0 bridgehead atoms. The number of amides is 2. The number of ether oxygens (including phenoxy) is 1. The molecule has 1 N–H and O–H groups in total. The molecule has 0 aliphatic carbocycles. The number of piperidine rings is 1. The molecule has 0 spiro atoms. The van der Waals surface area contributed by atoms with Crippen LogP contribution >= 0.6 is 11.6 Å². The van der Waals surface area contributed by atoms with Crippen molar-refractivity contribution < 1.29 is 14.3 Å². The second kappa shape index (κ2) is 9.90. The zero-order chi connectivity index (χ0) is 23.5. The first-order chi connectivity index (χ1) is 15.1. The molecule has 2 aromatic rings. The summed E-state index contributed by atoms with van der Waals surface area (Å²) in [5.74, 6) is 0.0461. The Balaban J connectivity index is 1.76. The van der Waals surface area contributed by atoms with Crippen molar-refractivity contribution in [3.63, 3.8) is 0 Å². The number of halogens is 1. The minimum atomic E-state index is -0.585. The lowest BCUT2D eigenvalue weighted by Gasteiger charge is -2.35. The molecule has 1 unspecified atom stereocenters. The van der Waals surface area contributed by atoms with Crippen molar-refractivity contribution in [1.82, 2.24) is 19.8 Å². The fraction of sp³-hybridized carbons (Fsp3) is 0.565. The van der Waals surface area contributed by atoms with Crippen molar-refractivity contribution in [2.45, 2.75) is 59.1 Å². The number of nitrogens with zero attached hydrogens (tertiary/aromatic N) is 3. The number of fused-ring (bicyclic) bond motifs is 1. The van der Waals surface area contributed by atoms with E-state index in [4.69, 9.17) is 16.3 Å². The molecule has 1 aromatic heterocycles. The number of likely N-dealkylation sites (tertiary alicyclic amines) is 1. The zero-order valence-corrected chi connectivity index (χ0v) is 19.9. The van der Waals surface area contributed by atoms with Crippen LogP contribution in [0.25, 0.3) is 10.9 Å². The SMILES string of the molecule is CCCN(Cc1nc2cc(Cl)ccc2c(=O)[nH]1)C(=O)C1CCCN(C(=O)OC(C)(C)C)C1. The summed E-state index contributed by atoms with van der Waals surface area (Å²) in [7, 11) is 0. The highest BCUT2D eigenvalue weighted by Gasteiger charge is 2.33. The minimum Gasteiger partial charge on any atom is -0.444 e. The third-order valence-electron chi connectivity index (χ3n) is 5.29. The second-order valence-corrected chi connectivity index (χ2v) is 9.64. The number of hydrogen-bond acceptors (Lipinski definition) is 5. The van der Waals surface area contributed by atoms with Gasteiger partial charge in [-0.1, -0.05) is 18.5 Å². The van der Waals surface area contributed by atoms with Crippen molar-refractivity contribution in [1.29, 1.82) is 0 Å². The maximum Gasteiger partial charge on any atom is 0.410 e. The Bertz CT molecular complexity index is 1050. The highest BCUT2D eigenvalue weighted by Crippen LogP contribution is 2.22. The van der Waals surface area contributed by atoms with Gasteiger partial charge in [0.25, 0.3) is 5.56 Å². The summed E-state index contributed by atoms with van der Waals surface area (Å²) in [6.45, 7) is 9.08. The van der Waals surface area contributed by atoms with Gasteiger partial charge < -0.3 is 19.5 Å². The molecule has 32 heavy (non-hydrogen) atoms. The molecule has 0 radical (unpaired) electrons. The Kier molecular flexibility index (Phi) is 7.44. The highest BCUT2D eigenvalue weighted by molar-refractivity contribution is 6.31. The number of nitrogens with one attached hydrogen (secondary N) is 1. The summed E-state index contributed by atoms with van der Waals surface area (Å²) in [5.41, 5.74) is -0.355. The fourth-order valence-electron chi connectivity index (χ4n) is 3.88. The van der Waals surface area contributed by atoms with Crippen LogP contribution in [0.1, 0.15) is 52.8 Å². The minimum absolute atomic E-state index is 0.0473. The normalized spacial score (nSPS) is 16.8. The molecule has 2 heterocycles. The third-order valence-corrected chi connectivity index (χ3v) is 5.52. The largest absolute Gasteiger partial charge is 0.444 e. The Labute approximate surface area is 192 Å². The van der Waals surface area contributed by atoms with Gasteiger partial charge in [0.05, 0.1) is 23.4 Å². The number of aromatic nitrogens is 2. The molecule has 1 aliphatic heterocycles. The second-order valence-electron chi connectivity index (χ2n) is 9.20. The van der Waals surface area contributed by atoms with Gasteiger partial charge in [0, 0.05) is 24.7 Å². The van der Waals surface area contributed by atoms with E-state index in [-0.39, 0.29) is 23.9 Å². The smallest absolute Gasteiger partial charge is 0.410 e. The summed E-state index contributed by atoms with van der Waals surface area (Å²) in [6.07, 6.45) is 1.81. The predicted molar refractivity (Wildman–Crippen MR) is 124 cm³/mol. The molecule has 3 rings (SSSR count). The average molecular weight is 463 g/mol. The van der Waals surface area contributed by atoms with Crippen LogP contribution in [-0.2, 0) is 16.1 Å². The lowest BCUT2D eigenvalue weighted by atomic mass is 9.96. The topological polar surface area (TPSA) is 95.6 Å². The van der Waals surface area contributed by atoms with Crippen LogP contribution in [0.4, 0.5) is 4.79 Å². The summed E-state index contributed by atoms with van der Waals surface area (Å²) in [5, 5.41) is 0.944. The maximum atomic E-state index is 13.4. The van der Waals surface area contributed by atoms with Crippen LogP contribution < -0.4 is 5.56 Å². The molecular weight excluding hydrogens is 432 g/mol. The lowest BCUT2D eigenvalue weighted by Crippen LogP contribution is -2.48. The van der Waals surface area contributed by atoms with E-state index in [0.717, 1.165) is 12.8 Å². The van der Waals surface area contributed by atoms with E-state index in [1.54, 1.807) is 28.0 Å². The van der Waals surface area contributed by atoms with Crippen molar-refractivity contribution in [3.8, 4) is 0 Å². The molecular formula is C23H31ClN4O4. The summed E-state index contributed by atoms with van der Waals surface area (Å²) in [6, 6.07) is 4.92. The van der Waals surface area contributed by atoms with Gasteiger partial charge in [-0.15, -0.1) is 0 Å². The molecule has 0 saturated carbocycles. The van der Waals surface area contributed by atoms with E-state index in [1.807, 2.05) is 27.7 Å². The van der Waals surface area contributed by atoms with Gasteiger partial charge in [-0.3, -0.25) is 9.59 Å². The summed E-state index contributed by atoms with van der Waals surface area (Å²) in [4.78, 5) is 48.9. The van der Waals surface area contributed by atoms with Crippen LogP contribution in [0.2, 0.25) is 5.02 Å². The van der Waals surface area contributed by atoms with Gasteiger partial charge in [-0.25, -0.2) is 9.78 Å². The molecule has 1 atom stereocenters. The summed E-state index contributed by atoms with van der Waals surface area (Å²) < 4.78 is 5.47. The summed E-state index contributed by atoms with van der Waals surface area (Å²) >= 11 is 6.05.